The Bertz CT molecular complexity index is 482. The van der Waals surface area contributed by atoms with Crippen molar-refractivity contribution in [2.24, 2.45) is 0 Å². The molecule has 0 fully saturated rings. The maximum atomic E-state index is 12.8. The Morgan fingerprint density at radius 3 is 2.71 bits per heavy atom. The Morgan fingerprint density at radius 2 is 2.12 bits per heavy atom. The number of aldehydes is 1. The van der Waals surface area contributed by atoms with Crippen LogP contribution in [0.15, 0.2) is 18.2 Å². The highest BCUT2D eigenvalue weighted by atomic mass is 19.4. The van der Waals surface area contributed by atoms with Crippen LogP contribution >= 0.6 is 0 Å². The van der Waals surface area contributed by atoms with Crippen molar-refractivity contribution in [2.45, 2.75) is 12.1 Å². The van der Waals surface area contributed by atoms with Crippen LogP contribution in [0.5, 0.6) is 0 Å². The number of halogens is 3. The van der Waals surface area contributed by atoms with Gasteiger partial charge in [-0.05, 0) is 12.1 Å². The molecular weight excluding hydrogens is 235 g/mol. The number of Topliss-reactive ketones (excluding diaryl/α,β-unsaturated/α-hetero) is 1. The molecule has 0 bridgehead atoms. The van der Waals surface area contributed by atoms with Gasteiger partial charge in [0.15, 0.2) is 6.29 Å². The third-order valence-corrected chi connectivity index (χ3v) is 2.72. The lowest BCUT2D eigenvalue weighted by Gasteiger charge is -2.14. The Hall–Kier alpha value is -1.85. The zero-order valence-corrected chi connectivity index (χ0v) is 8.54. The van der Waals surface area contributed by atoms with E-state index in [2.05, 4.69) is 5.32 Å². The van der Waals surface area contributed by atoms with Gasteiger partial charge in [0.1, 0.15) is 0 Å². The summed E-state index contributed by atoms with van der Waals surface area (Å²) in [5.74, 6) is -1.88. The first-order valence-corrected chi connectivity index (χ1v) is 4.88. The highest BCUT2D eigenvalue weighted by molar-refractivity contribution is 6.28. The molecule has 1 aromatic carbocycles. The summed E-state index contributed by atoms with van der Waals surface area (Å²) in [5.41, 5.74) is -0.725. The molecular formula is C11H8F3NO2. The molecule has 1 aromatic rings. The second-order valence-corrected chi connectivity index (χ2v) is 3.72. The van der Waals surface area contributed by atoms with E-state index in [1.807, 2.05) is 0 Å². The lowest BCUT2D eigenvalue weighted by atomic mass is 9.92. The summed E-state index contributed by atoms with van der Waals surface area (Å²) in [5, 5.41) is 2.70. The second kappa shape index (κ2) is 3.87. The molecule has 1 heterocycles. The highest BCUT2D eigenvalue weighted by Gasteiger charge is 2.40. The standard InChI is InChI=1S/C11H8F3NO2/c12-11(13,14)7-2-1-3-8-10(7)6(4-15-8)9(17)5-16/h1-3,5-6,15H,4H2. The number of benzene rings is 1. The van der Waals surface area contributed by atoms with Crippen LogP contribution in [-0.2, 0) is 15.8 Å². The minimum Gasteiger partial charge on any atom is -0.384 e. The quantitative estimate of drug-likeness (QED) is 0.638. The summed E-state index contributed by atoms with van der Waals surface area (Å²) in [7, 11) is 0. The largest absolute Gasteiger partial charge is 0.416 e. The molecule has 90 valence electrons. The molecule has 2 rings (SSSR count). The molecule has 3 nitrogen and oxygen atoms in total. The first-order valence-electron chi connectivity index (χ1n) is 4.88. The predicted molar refractivity (Wildman–Crippen MR) is 53.7 cm³/mol. The minimum atomic E-state index is -4.53. The topological polar surface area (TPSA) is 46.2 Å². The Kier molecular flexibility index (Phi) is 2.65. The van der Waals surface area contributed by atoms with E-state index in [0.717, 1.165) is 6.07 Å². The maximum absolute atomic E-state index is 12.8. The first-order chi connectivity index (χ1) is 7.95. The van der Waals surface area contributed by atoms with Gasteiger partial charge in [0.05, 0.1) is 11.5 Å². The van der Waals surface area contributed by atoms with Crippen LogP contribution < -0.4 is 5.32 Å². The molecule has 1 aliphatic rings. The second-order valence-electron chi connectivity index (χ2n) is 3.72. The van der Waals surface area contributed by atoms with Crippen LogP contribution in [0.2, 0.25) is 0 Å². The average Bonchev–Trinajstić information content (AvgIpc) is 2.70. The van der Waals surface area contributed by atoms with Gasteiger partial charge in [-0.2, -0.15) is 13.2 Å². The van der Waals surface area contributed by atoms with Gasteiger partial charge >= 0.3 is 6.18 Å². The third-order valence-electron chi connectivity index (χ3n) is 2.72. The third kappa shape index (κ3) is 1.90. The fourth-order valence-electron chi connectivity index (χ4n) is 1.98. The van der Waals surface area contributed by atoms with Gasteiger partial charge in [0, 0.05) is 17.8 Å². The number of alkyl halides is 3. The predicted octanol–water partition coefficient (Wildman–Crippen LogP) is 1.98. The first kappa shape index (κ1) is 11.6. The lowest BCUT2D eigenvalue weighted by molar-refractivity contribution is -0.138. The summed E-state index contributed by atoms with van der Waals surface area (Å²) >= 11 is 0. The van der Waals surface area contributed by atoms with Crippen LogP contribution in [-0.4, -0.2) is 18.6 Å². The number of nitrogens with one attached hydrogen (secondary N) is 1. The smallest absolute Gasteiger partial charge is 0.384 e. The summed E-state index contributed by atoms with van der Waals surface area (Å²) in [6.45, 7) is 0.0278. The Balaban J connectivity index is 2.56. The van der Waals surface area contributed by atoms with E-state index in [9.17, 15) is 22.8 Å². The van der Waals surface area contributed by atoms with E-state index in [1.165, 1.54) is 12.1 Å². The Labute approximate surface area is 94.6 Å². The number of fused-ring (bicyclic) bond motifs is 1. The number of anilines is 1. The monoisotopic (exact) mass is 243 g/mol. The van der Waals surface area contributed by atoms with Crippen LogP contribution in [0, 0.1) is 0 Å². The van der Waals surface area contributed by atoms with E-state index in [1.54, 1.807) is 0 Å². The maximum Gasteiger partial charge on any atom is 0.416 e. The number of hydrogen-bond acceptors (Lipinski definition) is 3. The number of ketones is 1. The van der Waals surface area contributed by atoms with Crippen molar-refractivity contribution >= 4 is 17.8 Å². The van der Waals surface area contributed by atoms with Gasteiger partial charge in [-0.15, -0.1) is 0 Å². The van der Waals surface area contributed by atoms with Crippen molar-refractivity contribution in [3.63, 3.8) is 0 Å². The van der Waals surface area contributed by atoms with Gasteiger partial charge in [0.25, 0.3) is 0 Å². The average molecular weight is 243 g/mol. The number of hydrogen-bond donors (Lipinski definition) is 1. The molecule has 0 spiro atoms. The fraction of sp³-hybridized carbons (Fsp3) is 0.273. The summed E-state index contributed by atoms with van der Waals surface area (Å²) in [6.07, 6.45) is -4.46. The van der Waals surface area contributed by atoms with E-state index in [0.29, 0.717) is 0 Å². The molecule has 1 atom stereocenters. The zero-order valence-electron chi connectivity index (χ0n) is 8.54. The number of carbonyl (C=O) groups excluding carboxylic acids is 2. The number of carbonyl (C=O) groups is 2. The summed E-state index contributed by atoms with van der Waals surface area (Å²) < 4.78 is 38.3. The van der Waals surface area contributed by atoms with Crippen LogP contribution in [0.25, 0.3) is 0 Å². The molecule has 1 aliphatic heterocycles. The molecule has 0 amide bonds. The molecule has 1 N–H and O–H groups in total. The zero-order chi connectivity index (χ0) is 12.6. The molecule has 17 heavy (non-hydrogen) atoms. The highest BCUT2D eigenvalue weighted by Crippen LogP contribution is 2.42. The summed E-state index contributed by atoms with van der Waals surface area (Å²) in [6, 6.07) is 3.64. The van der Waals surface area contributed by atoms with Gasteiger partial charge in [0.2, 0.25) is 5.78 Å². The molecule has 0 aliphatic carbocycles. The molecule has 0 aromatic heterocycles. The van der Waals surface area contributed by atoms with Gasteiger partial charge in [-0.25, -0.2) is 0 Å². The molecule has 0 saturated carbocycles. The van der Waals surface area contributed by atoms with Gasteiger partial charge < -0.3 is 5.32 Å². The molecule has 6 heteroatoms. The molecule has 0 saturated heterocycles. The number of rotatable bonds is 2. The summed E-state index contributed by atoms with van der Waals surface area (Å²) in [4.78, 5) is 21.7. The SMILES string of the molecule is O=CC(=O)C1CNc2cccc(C(F)(F)F)c21. The minimum absolute atomic E-state index is 0.0278. The molecule has 0 radical (unpaired) electrons. The van der Waals surface area contributed by atoms with E-state index < -0.39 is 23.4 Å². The van der Waals surface area contributed by atoms with Gasteiger partial charge in [-0.3, -0.25) is 9.59 Å². The Morgan fingerprint density at radius 1 is 1.41 bits per heavy atom. The molecule has 1 unspecified atom stereocenters. The van der Waals surface area contributed by atoms with Crippen molar-refractivity contribution in [3.8, 4) is 0 Å². The van der Waals surface area contributed by atoms with Crippen LogP contribution in [0.4, 0.5) is 18.9 Å². The fourth-order valence-corrected chi connectivity index (χ4v) is 1.98. The van der Waals surface area contributed by atoms with Crippen molar-refractivity contribution in [1.82, 2.24) is 0 Å². The van der Waals surface area contributed by atoms with E-state index >= 15 is 0 Å². The lowest BCUT2D eigenvalue weighted by Crippen LogP contribution is -2.18. The van der Waals surface area contributed by atoms with Crippen molar-refractivity contribution < 1.29 is 22.8 Å². The van der Waals surface area contributed by atoms with Crippen molar-refractivity contribution in [3.05, 3.63) is 29.3 Å². The van der Waals surface area contributed by atoms with Crippen LogP contribution in [0.3, 0.4) is 0 Å². The van der Waals surface area contributed by atoms with E-state index in [4.69, 9.17) is 0 Å². The van der Waals surface area contributed by atoms with Crippen molar-refractivity contribution in [1.29, 1.82) is 0 Å². The van der Waals surface area contributed by atoms with Crippen molar-refractivity contribution in [2.75, 3.05) is 11.9 Å². The van der Waals surface area contributed by atoms with Gasteiger partial charge in [-0.1, -0.05) is 6.07 Å². The van der Waals surface area contributed by atoms with Crippen LogP contribution in [0.1, 0.15) is 17.0 Å². The van der Waals surface area contributed by atoms with E-state index in [-0.39, 0.29) is 24.1 Å². The normalized spacial score (nSPS) is 18.4.